The summed E-state index contributed by atoms with van der Waals surface area (Å²) in [5.41, 5.74) is 9.22. The standard InChI is InChI=1S/C25H28BrN3O/c1-17-13-20(18(2)29(17)23-8-6-7-22(26)15-23)16-27-28-24(30)14-19-9-11-21(12-10-19)25(3,4)5/h6-13,15-16H,14H2,1-5H3,(H,28,30)/b27-16-. The van der Waals surface area contributed by atoms with E-state index in [1.165, 1.54) is 5.56 Å². The molecule has 0 aliphatic rings. The van der Waals surface area contributed by atoms with Gasteiger partial charge in [0.2, 0.25) is 5.91 Å². The van der Waals surface area contributed by atoms with Crippen LogP contribution in [0.5, 0.6) is 0 Å². The first-order valence-corrected chi connectivity index (χ1v) is 10.8. The van der Waals surface area contributed by atoms with Crippen LogP contribution in [-0.2, 0) is 16.6 Å². The number of carbonyl (C=O) groups excluding carboxylic acids is 1. The Balaban J connectivity index is 1.65. The molecule has 3 aromatic rings. The number of hydrazone groups is 1. The zero-order chi connectivity index (χ0) is 21.9. The second-order valence-corrected chi connectivity index (χ2v) is 9.47. The molecule has 156 valence electrons. The van der Waals surface area contributed by atoms with Crippen molar-refractivity contribution >= 4 is 28.1 Å². The van der Waals surface area contributed by atoms with Crippen LogP contribution >= 0.6 is 15.9 Å². The highest BCUT2D eigenvalue weighted by atomic mass is 79.9. The largest absolute Gasteiger partial charge is 0.318 e. The molecule has 0 radical (unpaired) electrons. The van der Waals surface area contributed by atoms with Crippen LogP contribution in [0, 0.1) is 13.8 Å². The molecule has 2 aromatic carbocycles. The Labute approximate surface area is 187 Å². The molecule has 1 N–H and O–H groups in total. The summed E-state index contributed by atoms with van der Waals surface area (Å²) in [5, 5.41) is 4.17. The number of aryl methyl sites for hydroxylation is 1. The number of carbonyl (C=O) groups is 1. The van der Waals surface area contributed by atoms with Crippen molar-refractivity contribution in [1.29, 1.82) is 0 Å². The lowest BCUT2D eigenvalue weighted by Crippen LogP contribution is -2.20. The number of amides is 1. The van der Waals surface area contributed by atoms with Gasteiger partial charge in [0.15, 0.2) is 0 Å². The van der Waals surface area contributed by atoms with Gasteiger partial charge in [0.1, 0.15) is 0 Å². The number of halogens is 1. The number of hydrogen-bond acceptors (Lipinski definition) is 2. The molecule has 1 aromatic heterocycles. The number of benzene rings is 2. The van der Waals surface area contributed by atoms with E-state index < -0.39 is 0 Å². The van der Waals surface area contributed by atoms with Gasteiger partial charge in [-0.05, 0) is 54.7 Å². The molecule has 1 amide bonds. The summed E-state index contributed by atoms with van der Waals surface area (Å²) in [5.74, 6) is -0.129. The Hall–Kier alpha value is -2.66. The first-order valence-electron chi connectivity index (χ1n) is 10.0. The van der Waals surface area contributed by atoms with Gasteiger partial charge in [-0.3, -0.25) is 4.79 Å². The minimum atomic E-state index is -0.129. The molecule has 0 spiro atoms. The van der Waals surface area contributed by atoms with Crippen LogP contribution in [0.4, 0.5) is 0 Å². The fourth-order valence-corrected chi connectivity index (χ4v) is 3.84. The summed E-state index contributed by atoms with van der Waals surface area (Å²) < 4.78 is 3.20. The molecule has 0 unspecified atom stereocenters. The average molecular weight is 466 g/mol. The van der Waals surface area contributed by atoms with Crippen molar-refractivity contribution < 1.29 is 4.79 Å². The molecule has 1 heterocycles. The maximum atomic E-state index is 12.3. The predicted molar refractivity (Wildman–Crippen MR) is 128 cm³/mol. The maximum Gasteiger partial charge on any atom is 0.244 e. The third-order valence-corrected chi connectivity index (χ3v) is 5.61. The highest BCUT2D eigenvalue weighted by Crippen LogP contribution is 2.23. The number of nitrogens with one attached hydrogen (secondary N) is 1. The zero-order valence-corrected chi connectivity index (χ0v) is 19.7. The smallest absolute Gasteiger partial charge is 0.244 e. The van der Waals surface area contributed by atoms with E-state index in [1.807, 2.05) is 31.2 Å². The van der Waals surface area contributed by atoms with E-state index in [0.29, 0.717) is 6.42 Å². The first-order chi connectivity index (χ1) is 14.1. The molecule has 0 saturated heterocycles. The van der Waals surface area contributed by atoms with Crippen molar-refractivity contribution in [2.45, 2.75) is 46.5 Å². The van der Waals surface area contributed by atoms with Crippen molar-refractivity contribution in [3.05, 3.63) is 87.1 Å². The Morgan fingerprint density at radius 3 is 2.43 bits per heavy atom. The van der Waals surface area contributed by atoms with Gasteiger partial charge < -0.3 is 4.57 Å². The number of nitrogens with zero attached hydrogens (tertiary/aromatic N) is 2. The lowest BCUT2D eigenvalue weighted by Gasteiger charge is -2.19. The first kappa shape index (κ1) is 22.0. The maximum absolute atomic E-state index is 12.3. The van der Waals surface area contributed by atoms with E-state index >= 15 is 0 Å². The highest BCUT2D eigenvalue weighted by molar-refractivity contribution is 9.10. The van der Waals surface area contributed by atoms with Crippen LogP contribution in [0.25, 0.3) is 5.69 Å². The van der Waals surface area contributed by atoms with Crippen LogP contribution in [0.3, 0.4) is 0 Å². The third kappa shape index (κ3) is 5.28. The monoisotopic (exact) mass is 465 g/mol. The van der Waals surface area contributed by atoms with Crippen LogP contribution in [0.2, 0.25) is 0 Å². The van der Waals surface area contributed by atoms with Gasteiger partial charge in [0.05, 0.1) is 12.6 Å². The second kappa shape index (κ2) is 9.00. The minimum absolute atomic E-state index is 0.104. The SMILES string of the molecule is Cc1cc(/C=N\NC(=O)Cc2ccc(C(C)(C)C)cc2)c(C)n1-c1cccc(Br)c1. The van der Waals surface area contributed by atoms with Crippen LogP contribution in [0.15, 0.2) is 64.2 Å². The highest BCUT2D eigenvalue weighted by Gasteiger charge is 2.13. The quantitative estimate of drug-likeness (QED) is 0.372. The zero-order valence-electron chi connectivity index (χ0n) is 18.2. The summed E-state index contributed by atoms with van der Waals surface area (Å²) >= 11 is 3.53. The molecule has 0 aliphatic carbocycles. The summed E-state index contributed by atoms with van der Waals surface area (Å²) in [6.45, 7) is 10.6. The van der Waals surface area contributed by atoms with Crippen molar-refractivity contribution in [2.75, 3.05) is 0 Å². The summed E-state index contributed by atoms with van der Waals surface area (Å²) in [6.07, 6.45) is 2.01. The van der Waals surface area contributed by atoms with Crippen LogP contribution in [-0.4, -0.2) is 16.7 Å². The number of aromatic nitrogens is 1. The Morgan fingerprint density at radius 2 is 1.80 bits per heavy atom. The Bertz CT molecular complexity index is 1070. The summed E-state index contributed by atoms with van der Waals surface area (Å²) in [4.78, 5) is 12.3. The van der Waals surface area contributed by atoms with Crippen molar-refractivity contribution in [3.63, 3.8) is 0 Å². The topological polar surface area (TPSA) is 46.4 Å². The van der Waals surface area contributed by atoms with Crippen molar-refractivity contribution in [1.82, 2.24) is 9.99 Å². The third-order valence-electron chi connectivity index (χ3n) is 5.11. The van der Waals surface area contributed by atoms with E-state index in [1.54, 1.807) is 6.21 Å². The molecule has 0 atom stereocenters. The lowest BCUT2D eigenvalue weighted by molar-refractivity contribution is -0.120. The number of hydrogen-bond donors (Lipinski definition) is 1. The van der Waals surface area contributed by atoms with E-state index in [9.17, 15) is 4.79 Å². The van der Waals surface area contributed by atoms with Crippen molar-refractivity contribution in [2.24, 2.45) is 5.10 Å². The fourth-order valence-electron chi connectivity index (χ4n) is 3.45. The van der Waals surface area contributed by atoms with E-state index in [-0.39, 0.29) is 11.3 Å². The predicted octanol–water partition coefficient (Wildman–Crippen LogP) is 5.85. The summed E-state index contributed by atoms with van der Waals surface area (Å²) in [6, 6.07) is 18.4. The Kier molecular flexibility index (Phi) is 6.61. The fraction of sp³-hybridized carbons (Fsp3) is 0.280. The molecular formula is C25H28BrN3O. The van der Waals surface area contributed by atoms with Gasteiger partial charge >= 0.3 is 0 Å². The van der Waals surface area contributed by atoms with Gasteiger partial charge in [0, 0.05) is 27.1 Å². The number of rotatable bonds is 5. The van der Waals surface area contributed by atoms with E-state index in [2.05, 4.69) is 89.1 Å². The van der Waals surface area contributed by atoms with Gasteiger partial charge in [0.25, 0.3) is 0 Å². The molecule has 4 nitrogen and oxygen atoms in total. The van der Waals surface area contributed by atoms with Crippen molar-refractivity contribution in [3.8, 4) is 5.69 Å². The molecular weight excluding hydrogens is 438 g/mol. The average Bonchev–Trinajstić information content (AvgIpc) is 2.95. The summed E-state index contributed by atoms with van der Waals surface area (Å²) in [7, 11) is 0. The molecule has 0 saturated carbocycles. The lowest BCUT2D eigenvalue weighted by atomic mass is 9.86. The molecule has 3 rings (SSSR count). The van der Waals surface area contributed by atoms with Crippen LogP contribution in [0.1, 0.15) is 48.8 Å². The van der Waals surface area contributed by atoms with Gasteiger partial charge in [-0.25, -0.2) is 5.43 Å². The van der Waals surface area contributed by atoms with Gasteiger partial charge in [-0.2, -0.15) is 5.10 Å². The molecule has 30 heavy (non-hydrogen) atoms. The van der Waals surface area contributed by atoms with E-state index in [4.69, 9.17) is 0 Å². The molecule has 5 heteroatoms. The van der Waals surface area contributed by atoms with E-state index in [0.717, 1.165) is 32.7 Å². The molecule has 0 fully saturated rings. The van der Waals surface area contributed by atoms with Crippen LogP contribution < -0.4 is 5.43 Å². The Morgan fingerprint density at radius 1 is 1.10 bits per heavy atom. The second-order valence-electron chi connectivity index (χ2n) is 8.56. The van der Waals surface area contributed by atoms with Gasteiger partial charge in [-0.1, -0.05) is 67.0 Å². The molecule has 0 bridgehead atoms. The van der Waals surface area contributed by atoms with Gasteiger partial charge in [-0.15, -0.1) is 0 Å². The molecule has 0 aliphatic heterocycles. The normalized spacial score (nSPS) is 11.8. The minimum Gasteiger partial charge on any atom is -0.318 e.